The van der Waals surface area contributed by atoms with Gasteiger partial charge in [0, 0.05) is 43.5 Å². The van der Waals surface area contributed by atoms with Crippen molar-refractivity contribution in [1.29, 1.82) is 0 Å². The van der Waals surface area contributed by atoms with Crippen LogP contribution in [0.4, 0.5) is 0 Å². The van der Waals surface area contributed by atoms with E-state index in [1.54, 1.807) is 0 Å². The van der Waals surface area contributed by atoms with Gasteiger partial charge in [-0.2, -0.15) is 0 Å². The van der Waals surface area contributed by atoms with Gasteiger partial charge in [0.1, 0.15) is 6.29 Å². The molecule has 0 aromatic carbocycles. The van der Waals surface area contributed by atoms with E-state index in [-0.39, 0.29) is 37.1 Å². The average Bonchev–Trinajstić information content (AvgIpc) is 1.88. The molecule has 0 spiro atoms. The van der Waals surface area contributed by atoms with Crippen molar-refractivity contribution in [3.63, 3.8) is 0 Å². The summed E-state index contributed by atoms with van der Waals surface area (Å²) in [7, 11) is 0. The second-order valence-electron chi connectivity index (χ2n) is 1.31. The molecule has 58 valence electrons. The molecule has 0 aromatic heterocycles. The summed E-state index contributed by atoms with van der Waals surface area (Å²) in [4.78, 5) is 9.56. The first-order valence-corrected chi connectivity index (χ1v) is 3.04. The Morgan fingerprint density at radius 1 is 1.30 bits per heavy atom. The molecule has 0 aliphatic heterocycles. The van der Waals surface area contributed by atoms with Gasteiger partial charge in [0.05, 0.1) is 0 Å². The van der Waals surface area contributed by atoms with E-state index in [1.807, 2.05) is 0 Å². The normalized spacial score (nSPS) is 5.30. The molecule has 0 saturated carbocycles. The second kappa shape index (κ2) is 32.0. The third-order valence-corrected chi connectivity index (χ3v) is 0.676. The van der Waals surface area contributed by atoms with Crippen molar-refractivity contribution in [2.75, 3.05) is 0 Å². The molecule has 0 aliphatic rings. The fourth-order valence-corrected chi connectivity index (χ4v) is 0.287. The molecule has 0 rings (SSSR count). The van der Waals surface area contributed by atoms with Gasteiger partial charge < -0.3 is 4.79 Å². The molecule has 0 saturated heterocycles. The van der Waals surface area contributed by atoms with Crippen LogP contribution >= 0.6 is 0 Å². The molecule has 0 N–H and O–H groups in total. The summed E-state index contributed by atoms with van der Waals surface area (Å²) in [6.45, 7) is 2.07. The van der Waals surface area contributed by atoms with Crippen molar-refractivity contribution in [3.05, 3.63) is 0 Å². The van der Waals surface area contributed by atoms with Gasteiger partial charge in [-0.3, -0.25) is 0 Å². The minimum atomic E-state index is 0. The zero-order valence-electron chi connectivity index (χ0n) is 5.82. The van der Waals surface area contributed by atoms with E-state index in [9.17, 15) is 4.79 Å². The SMILES string of the molecule is CCCCC=O.[O]=[Cr].[V].[V]. The van der Waals surface area contributed by atoms with Crippen molar-refractivity contribution in [3.8, 4) is 0 Å². The second-order valence-corrected chi connectivity index (χ2v) is 1.31. The van der Waals surface area contributed by atoms with Crippen LogP contribution in [0, 0.1) is 0 Å². The molecule has 10 heavy (non-hydrogen) atoms. The molecule has 0 aromatic rings. The van der Waals surface area contributed by atoms with Gasteiger partial charge in [0.25, 0.3) is 0 Å². The van der Waals surface area contributed by atoms with Crippen LogP contribution in [0.2, 0.25) is 0 Å². The van der Waals surface area contributed by atoms with Crippen molar-refractivity contribution in [1.82, 2.24) is 0 Å². The molecule has 2 nitrogen and oxygen atoms in total. The van der Waals surface area contributed by atoms with Crippen LogP contribution in [-0.2, 0) is 61.9 Å². The molecule has 5 heteroatoms. The van der Waals surface area contributed by atoms with Crippen LogP contribution in [0.15, 0.2) is 0 Å². The third kappa shape index (κ3) is 35.2. The predicted molar refractivity (Wildman–Crippen MR) is 26.3 cm³/mol. The maximum absolute atomic E-state index is 9.56. The van der Waals surface area contributed by atoms with Crippen molar-refractivity contribution in [2.45, 2.75) is 26.2 Å². The zero-order chi connectivity index (χ0) is 6.83. The number of hydrogen-bond acceptors (Lipinski definition) is 2. The largest absolute Gasteiger partial charge is 0 e. The summed E-state index contributed by atoms with van der Waals surface area (Å²) in [6.07, 6.45) is 3.86. The maximum Gasteiger partial charge on any atom is 0 e. The molecular weight excluding hydrogens is 246 g/mol. The van der Waals surface area contributed by atoms with Crippen LogP contribution in [0.3, 0.4) is 0 Å². The Labute approximate surface area is 93.9 Å². The Kier molecular flexibility index (Phi) is 71.9. The van der Waals surface area contributed by atoms with E-state index < -0.39 is 0 Å². The van der Waals surface area contributed by atoms with Gasteiger partial charge in [-0.1, -0.05) is 13.3 Å². The Morgan fingerprint density at radius 3 is 1.80 bits per heavy atom. The quantitative estimate of drug-likeness (QED) is 0.562. The average molecular weight is 256 g/mol. The first kappa shape index (κ1) is 22.5. The number of hydrogen-bond donors (Lipinski definition) is 0. The van der Waals surface area contributed by atoms with E-state index >= 15 is 0 Å². The third-order valence-electron chi connectivity index (χ3n) is 0.676. The summed E-state index contributed by atoms with van der Waals surface area (Å²) in [5, 5.41) is 0. The molecule has 0 amide bonds. The van der Waals surface area contributed by atoms with Gasteiger partial charge in [-0.05, 0) is 6.42 Å². The van der Waals surface area contributed by atoms with Gasteiger partial charge in [-0.25, -0.2) is 0 Å². The van der Waals surface area contributed by atoms with Gasteiger partial charge in [0.15, 0.2) is 0 Å². The summed E-state index contributed by atoms with van der Waals surface area (Å²) < 4.78 is 8.12. The van der Waals surface area contributed by atoms with E-state index in [0.29, 0.717) is 0 Å². The predicted octanol–water partition coefficient (Wildman–Crippen LogP) is 1.25. The van der Waals surface area contributed by atoms with Crippen LogP contribution < -0.4 is 0 Å². The first-order chi connectivity index (χ1) is 3.91. The molecule has 2 radical (unpaired) electrons. The van der Waals surface area contributed by atoms with Crippen LogP contribution in [0.25, 0.3) is 0 Å². The zero-order valence-corrected chi connectivity index (χ0v) is 9.89. The van der Waals surface area contributed by atoms with Gasteiger partial charge >= 0.3 is 20.0 Å². The standard InChI is InChI=1S/C5H10O.Cr.O.2V/c1-2-3-4-5-6;;;;/h5H,2-4H2,1H3;;;;. The summed E-state index contributed by atoms with van der Waals surface area (Å²) in [6, 6.07) is 0. The molecule has 0 fully saturated rings. The Morgan fingerprint density at radius 2 is 1.70 bits per heavy atom. The summed E-state index contributed by atoms with van der Waals surface area (Å²) in [5.41, 5.74) is 0. The molecule has 0 unspecified atom stereocenters. The van der Waals surface area contributed by atoms with Crippen molar-refractivity contribution < 1.29 is 61.9 Å². The molecule has 0 bridgehead atoms. The number of aldehydes is 1. The van der Waals surface area contributed by atoms with Crippen LogP contribution in [-0.4, -0.2) is 6.29 Å². The number of carbonyl (C=O) groups excluding carboxylic acids is 1. The monoisotopic (exact) mass is 256 g/mol. The Bertz CT molecular complexity index is 54.9. The molecule has 0 atom stereocenters. The Hall–Kier alpha value is 1.17. The molecule has 0 heterocycles. The minimum absolute atomic E-state index is 0. The maximum atomic E-state index is 9.56. The van der Waals surface area contributed by atoms with Crippen LogP contribution in [0.5, 0.6) is 0 Å². The molecular formula is C5H10CrO2V2. The van der Waals surface area contributed by atoms with E-state index in [0.717, 1.165) is 25.5 Å². The fourth-order valence-electron chi connectivity index (χ4n) is 0.287. The number of unbranched alkanes of at least 4 members (excludes halogenated alkanes) is 2. The van der Waals surface area contributed by atoms with E-state index in [1.165, 1.54) is 16.2 Å². The van der Waals surface area contributed by atoms with E-state index in [4.69, 9.17) is 3.80 Å². The minimum Gasteiger partial charge on any atom is 0 e. The van der Waals surface area contributed by atoms with Crippen molar-refractivity contribution in [2.24, 2.45) is 0 Å². The number of carbonyl (C=O) groups is 1. The summed E-state index contributed by atoms with van der Waals surface area (Å²) >= 11 is 1.38. The van der Waals surface area contributed by atoms with Crippen molar-refractivity contribution >= 4 is 6.29 Å². The molecule has 0 aliphatic carbocycles. The summed E-state index contributed by atoms with van der Waals surface area (Å²) in [5.74, 6) is 0. The topological polar surface area (TPSA) is 34.1 Å². The Balaban J connectivity index is -0.0000000412. The van der Waals surface area contributed by atoms with Gasteiger partial charge in [-0.15, -0.1) is 0 Å². The first-order valence-electron chi connectivity index (χ1n) is 2.52. The number of rotatable bonds is 3. The van der Waals surface area contributed by atoms with E-state index in [2.05, 4.69) is 6.92 Å². The van der Waals surface area contributed by atoms with Crippen LogP contribution in [0.1, 0.15) is 26.2 Å². The smallest absolute Gasteiger partial charge is 0 e. The van der Waals surface area contributed by atoms with Gasteiger partial charge in [0.2, 0.25) is 0 Å². The fraction of sp³-hybridized carbons (Fsp3) is 0.800.